The first-order chi connectivity index (χ1) is 20.5. The zero-order valence-electron chi connectivity index (χ0n) is 24.1. The third kappa shape index (κ3) is 6.80. The molecule has 3 aliphatic heterocycles. The zero-order chi connectivity index (χ0) is 28.9. The summed E-state index contributed by atoms with van der Waals surface area (Å²) in [7, 11) is 1.62. The quantitative estimate of drug-likeness (QED) is 0.237. The fourth-order valence-corrected chi connectivity index (χ4v) is 6.00. The van der Waals surface area contributed by atoms with Crippen LogP contribution >= 0.6 is 11.6 Å². The second-order valence-electron chi connectivity index (χ2n) is 11.7. The molecule has 3 aromatic rings. The van der Waals surface area contributed by atoms with Crippen molar-refractivity contribution in [2.45, 2.75) is 38.5 Å². The first kappa shape index (κ1) is 29.1. The summed E-state index contributed by atoms with van der Waals surface area (Å²) in [5.74, 6) is 2.81. The van der Waals surface area contributed by atoms with E-state index in [4.69, 9.17) is 35.3 Å². The van der Waals surface area contributed by atoms with Crippen molar-refractivity contribution in [3.63, 3.8) is 0 Å². The number of rotatable bonds is 13. The lowest BCUT2D eigenvalue weighted by Crippen LogP contribution is -2.51. The SMILES string of the molecule is COc1cc2c(Oc3ccc(CC(=O)CCC4COC4)c(Cl)c3)ncnc2cc1OCCCN1CCC2(CC1)COC2. The minimum Gasteiger partial charge on any atom is -0.493 e. The Morgan fingerprint density at radius 3 is 2.62 bits per heavy atom. The number of Topliss-reactive ketones (excluding diaryl/α,β-unsaturated/α-hetero) is 1. The van der Waals surface area contributed by atoms with E-state index < -0.39 is 0 Å². The van der Waals surface area contributed by atoms with E-state index in [2.05, 4.69) is 14.9 Å². The third-order valence-electron chi connectivity index (χ3n) is 8.66. The van der Waals surface area contributed by atoms with Crippen LogP contribution in [0.2, 0.25) is 5.02 Å². The van der Waals surface area contributed by atoms with E-state index in [-0.39, 0.29) is 5.78 Å². The highest BCUT2D eigenvalue weighted by Gasteiger charge is 2.40. The lowest BCUT2D eigenvalue weighted by molar-refractivity contribution is -0.139. The van der Waals surface area contributed by atoms with E-state index in [1.165, 1.54) is 19.2 Å². The molecule has 0 N–H and O–H groups in total. The summed E-state index contributed by atoms with van der Waals surface area (Å²) >= 11 is 6.53. The average molecular weight is 596 g/mol. The van der Waals surface area contributed by atoms with Crippen molar-refractivity contribution in [3.05, 3.63) is 47.2 Å². The average Bonchev–Trinajstić information content (AvgIpc) is 2.95. The van der Waals surface area contributed by atoms with Crippen LogP contribution in [0.5, 0.6) is 23.1 Å². The molecule has 224 valence electrons. The molecule has 3 aliphatic rings. The van der Waals surface area contributed by atoms with Crippen molar-refractivity contribution in [3.8, 4) is 23.1 Å². The topological polar surface area (TPSA) is 92.2 Å². The van der Waals surface area contributed by atoms with Gasteiger partial charge in [-0.1, -0.05) is 17.7 Å². The van der Waals surface area contributed by atoms with Crippen LogP contribution in [-0.2, 0) is 20.7 Å². The highest BCUT2D eigenvalue weighted by molar-refractivity contribution is 6.31. The summed E-state index contributed by atoms with van der Waals surface area (Å²) in [6.45, 7) is 7.24. The lowest BCUT2D eigenvalue weighted by Gasteiger charge is -2.47. The van der Waals surface area contributed by atoms with Gasteiger partial charge in [0, 0.05) is 41.8 Å². The molecule has 9 nitrogen and oxygen atoms in total. The van der Waals surface area contributed by atoms with Crippen LogP contribution in [0.1, 0.15) is 37.7 Å². The predicted octanol–water partition coefficient (Wildman–Crippen LogP) is 5.50. The van der Waals surface area contributed by atoms with Crippen molar-refractivity contribution in [2.75, 3.05) is 59.8 Å². The fraction of sp³-hybridized carbons (Fsp3) is 0.531. The number of methoxy groups -OCH3 is 1. The second-order valence-corrected chi connectivity index (χ2v) is 12.2. The number of ether oxygens (including phenoxy) is 5. The third-order valence-corrected chi connectivity index (χ3v) is 9.01. The lowest BCUT2D eigenvalue weighted by atomic mass is 9.77. The maximum atomic E-state index is 12.4. The number of piperidine rings is 1. The maximum Gasteiger partial charge on any atom is 0.230 e. The minimum absolute atomic E-state index is 0.174. The molecular formula is C32H38ClN3O6. The van der Waals surface area contributed by atoms with Gasteiger partial charge < -0.3 is 28.6 Å². The van der Waals surface area contributed by atoms with E-state index >= 15 is 0 Å². The molecule has 0 aliphatic carbocycles. The van der Waals surface area contributed by atoms with Gasteiger partial charge >= 0.3 is 0 Å². The fourth-order valence-electron chi connectivity index (χ4n) is 5.76. The van der Waals surface area contributed by atoms with Crippen molar-refractivity contribution < 1.29 is 28.5 Å². The molecule has 0 unspecified atom stereocenters. The van der Waals surface area contributed by atoms with Crippen LogP contribution in [0, 0.1) is 11.3 Å². The summed E-state index contributed by atoms with van der Waals surface area (Å²) in [6.07, 6.45) is 6.55. The normalized spacial score (nSPS) is 18.4. The van der Waals surface area contributed by atoms with Crippen LogP contribution in [0.3, 0.4) is 0 Å². The number of halogens is 1. The Bertz CT molecular complexity index is 1400. The van der Waals surface area contributed by atoms with E-state index in [9.17, 15) is 4.79 Å². The molecule has 0 atom stereocenters. The van der Waals surface area contributed by atoms with Gasteiger partial charge in [0.15, 0.2) is 11.5 Å². The van der Waals surface area contributed by atoms with Gasteiger partial charge in [-0.15, -0.1) is 0 Å². The number of likely N-dealkylation sites (tertiary alicyclic amines) is 1. The molecule has 0 amide bonds. The summed E-state index contributed by atoms with van der Waals surface area (Å²) in [5, 5.41) is 1.18. The van der Waals surface area contributed by atoms with Crippen LogP contribution in [0.15, 0.2) is 36.7 Å². The monoisotopic (exact) mass is 595 g/mol. The Morgan fingerprint density at radius 1 is 1.10 bits per heavy atom. The van der Waals surface area contributed by atoms with Crippen molar-refractivity contribution in [2.24, 2.45) is 11.3 Å². The number of ketones is 1. The van der Waals surface area contributed by atoms with Crippen molar-refractivity contribution in [1.29, 1.82) is 0 Å². The molecule has 6 rings (SSSR count). The number of benzene rings is 2. The molecule has 10 heteroatoms. The molecule has 0 radical (unpaired) electrons. The van der Waals surface area contributed by atoms with E-state index in [0.717, 1.165) is 64.5 Å². The van der Waals surface area contributed by atoms with Crippen LogP contribution in [0.25, 0.3) is 10.9 Å². The number of carbonyl (C=O) groups is 1. The molecule has 4 heterocycles. The zero-order valence-corrected chi connectivity index (χ0v) is 24.9. The maximum absolute atomic E-state index is 12.4. The van der Waals surface area contributed by atoms with Crippen LogP contribution < -0.4 is 14.2 Å². The van der Waals surface area contributed by atoms with E-state index in [0.29, 0.717) is 69.8 Å². The van der Waals surface area contributed by atoms with Crippen molar-refractivity contribution >= 4 is 28.3 Å². The van der Waals surface area contributed by atoms with Gasteiger partial charge in [0.25, 0.3) is 0 Å². The Hall–Kier alpha value is -2.98. The first-order valence-electron chi connectivity index (χ1n) is 14.8. The Balaban J connectivity index is 1.05. The molecule has 1 spiro atoms. The molecular weight excluding hydrogens is 558 g/mol. The highest BCUT2D eigenvalue weighted by Crippen LogP contribution is 2.39. The van der Waals surface area contributed by atoms with E-state index in [1.54, 1.807) is 19.2 Å². The van der Waals surface area contributed by atoms with Gasteiger partial charge in [-0.3, -0.25) is 4.79 Å². The van der Waals surface area contributed by atoms with Gasteiger partial charge in [-0.05, 0) is 62.5 Å². The summed E-state index contributed by atoms with van der Waals surface area (Å²) in [5.41, 5.74) is 1.92. The van der Waals surface area contributed by atoms with Gasteiger partial charge in [-0.25, -0.2) is 9.97 Å². The predicted molar refractivity (Wildman–Crippen MR) is 159 cm³/mol. The molecule has 2 aromatic carbocycles. The summed E-state index contributed by atoms with van der Waals surface area (Å²) in [6, 6.07) is 9.06. The standard InChI is InChI=1S/C32H38ClN3O6/c1-38-29-15-26-28(16-30(29)41-12-2-9-36-10-7-32(8-11-36)19-40-20-32)34-21-35-31(26)42-25-6-4-23(27(33)14-25)13-24(37)5-3-22-17-39-18-22/h4,6,14-16,21-22H,2-3,5,7-13,17-20H2,1H3. The van der Waals surface area contributed by atoms with Crippen LogP contribution in [-0.4, -0.2) is 80.4 Å². The smallest absolute Gasteiger partial charge is 0.230 e. The van der Waals surface area contributed by atoms with Crippen LogP contribution in [0.4, 0.5) is 0 Å². The van der Waals surface area contributed by atoms with E-state index in [1.807, 2.05) is 18.2 Å². The first-order valence-corrected chi connectivity index (χ1v) is 15.2. The van der Waals surface area contributed by atoms with Gasteiger partial charge in [0.2, 0.25) is 5.88 Å². The van der Waals surface area contributed by atoms with Gasteiger partial charge in [0.1, 0.15) is 17.9 Å². The minimum atomic E-state index is 0.174. The number of aromatic nitrogens is 2. The second kappa shape index (κ2) is 13.1. The number of nitrogens with zero attached hydrogens (tertiary/aromatic N) is 3. The highest BCUT2D eigenvalue weighted by atomic mass is 35.5. The molecule has 0 saturated carbocycles. The molecule has 3 saturated heterocycles. The molecule has 1 aromatic heterocycles. The Labute approximate surface area is 251 Å². The molecule has 3 fully saturated rings. The number of carbonyl (C=O) groups excluding carboxylic acids is 1. The molecule has 42 heavy (non-hydrogen) atoms. The largest absolute Gasteiger partial charge is 0.493 e. The molecule has 0 bridgehead atoms. The van der Waals surface area contributed by atoms with Crippen molar-refractivity contribution in [1.82, 2.24) is 14.9 Å². The number of hydrogen-bond acceptors (Lipinski definition) is 9. The Morgan fingerprint density at radius 2 is 1.93 bits per heavy atom. The van der Waals surface area contributed by atoms with Gasteiger partial charge in [-0.2, -0.15) is 0 Å². The summed E-state index contributed by atoms with van der Waals surface area (Å²) in [4.78, 5) is 23.7. The number of hydrogen-bond donors (Lipinski definition) is 0. The van der Waals surface area contributed by atoms with Gasteiger partial charge in [0.05, 0.1) is 51.0 Å². The number of fused-ring (bicyclic) bond motifs is 1. The summed E-state index contributed by atoms with van der Waals surface area (Å²) < 4.78 is 28.5. The Kier molecular flexibility index (Phi) is 9.09.